The van der Waals surface area contributed by atoms with Gasteiger partial charge in [0.05, 0.1) is 0 Å². The Balaban J connectivity index is 5.14. The fourth-order valence-electron chi connectivity index (χ4n) is 1.44. The van der Waals surface area contributed by atoms with Crippen molar-refractivity contribution in [2.24, 2.45) is 10.8 Å². The SMILES string of the molecule is C=C(C(C)=O)C(C)(C)C(C)(C)[C](C)C. The number of hydrogen-bond donors (Lipinski definition) is 0. The summed E-state index contributed by atoms with van der Waals surface area (Å²) in [5.74, 6) is 1.41. The van der Waals surface area contributed by atoms with Gasteiger partial charge in [0.1, 0.15) is 0 Å². The van der Waals surface area contributed by atoms with E-state index in [0.717, 1.165) is 0 Å². The van der Waals surface area contributed by atoms with Crippen molar-refractivity contribution in [2.75, 3.05) is 0 Å². The topological polar surface area (TPSA) is 17.1 Å². The van der Waals surface area contributed by atoms with Gasteiger partial charge in [0.2, 0.25) is 0 Å². The van der Waals surface area contributed by atoms with E-state index in [1.54, 1.807) is 6.92 Å². The average Bonchev–Trinajstić information content (AvgIpc) is 2.01. The summed E-state index contributed by atoms with van der Waals surface area (Å²) in [6.45, 7) is 18.2. The average molecular weight is 195 g/mol. The lowest BCUT2D eigenvalue weighted by Crippen LogP contribution is -2.39. The van der Waals surface area contributed by atoms with Crippen molar-refractivity contribution < 1.29 is 4.79 Å². The van der Waals surface area contributed by atoms with Crippen LogP contribution in [0.3, 0.4) is 0 Å². The van der Waals surface area contributed by atoms with Crippen molar-refractivity contribution in [1.82, 2.24) is 0 Å². The standard InChI is InChI=1S/C13H23O/c1-9(2)12(5,6)13(7,8)10(3)11(4)14/h3H2,1-2,4-8H3. The lowest BCUT2D eigenvalue weighted by molar-refractivity contribution is -0.115. The van der Waals surface area contributed by atoms with Gasteiger partial charge < -0.3 is 0 Å². The quantitative estimate of drug-likeness (QED) is 0.624. The van der Waals surface area contributed by atoms with Crippen LogP contribution in [0.25, 0.3) is 0 Å². The maximum absolute atomic E-state index is 11.4. The number of carbonyl (C=O) groups excluding carboxylic acids is 1. The Bertz CT molecular complexity index is 244. The van der Waals surface area contributed by atoms with Crippen LogP contribution in [0.5, 0.6) is 0 Å². The van der Waals surface area contributed by atoms with Gasteiger partial charge >= 0.3 is 0 Å². The Labute approximate surface area is 88.6 Å². The Morgan fingerprint density at radius 1 is 0.929 bits per heavy atom. The number of carbonyl (C=O) groups is 1. The first kappa shape index (κ1) is 13.4. The molecule has 14 heavy (non-hydrogen) atoms. The van der Waals surface area contributed by atoms with Crippen LogP contribution < -0.4 is 0 Å². The van der Waals surface area contributed by atoms with Gasteiger partial charge in [-0.1, -0.05) is 48.1 Å². The van der Waals surface area contributed by atoms with E-state index in [2.05, 4.69) is 48.1 Å². The molecule has 0 aliphatic heterocycles. The molecule has 0 aromatic rings. The summed E-state index contributed by atoms with van der Waals surface area (Å²) in [6.07, 6.45) is 0. The van der Waals surface area contributed by atoms with Crippen molar-refractivity contribution in [3.8, 4) is 0 Å². The Morgan fingerprint density at radius 3 is 1.50 bits per heavy atom. The van der Waals surface area contributed by atoms with E-state index in [-0.39, 0.29) is 16.6 Å². The van der Waals surface area contributed by atoms with Crippen molar-refractivity contribution in [3.05, 3.63) is 18.1 Å². The molecule has 0 atom stereocenters. The molecule has 1 heteroatoms. The second-order valence-corrected chi connectivity index (χ2v) is 5.28. The maximum Gasteiger partial charge on any atom is 0.155 e. The molecule has 81 valence electrons. The Kier molecular flexibility index (Phi) is 3.71. The minimum atomic E-state index is -0.183. The normalized spacial score (nSPS) is 13.1. The molecule has 0 rings (SSSR count). The van der Waals surface area contributed by atoms with Gasteiger partial charge in [-0.2, -0.15) is 0 Å². The molecule has 0 spiro atoms. The molecule has 0 fully saturated rings. The second-order valence-electron chi connectivity index (χ2n) is 5.28. The zero-order valence-electron chi connectivity index (χ0n) is 10.6. The largest absolute Gasteiger partial charge is 0.295 e. The molecular formula is C13H23O. The lowest BCUT2D eigenvalue weighted by atomic mass is 9.58. The minimum Gasteiger partial charge on any atom is -0.295 e. The molecule has 0 bridgehead atoms. The van der Waals surface area contributed by atoms with Crippen LogP contribution in [0.15, 0.2) is 12.2 Å². The molecule has 0 aromatic carbocycles. The summed E-state index contributed by atoms with van der Waals surface area (Å²) in [5, 5.41) is 0. The zero-order chi connectivity index (χ0) is 11.7. The predicted molar refractivity (Wildman–Crippen MR) is 62.0 cm³/mol. The molecule has 0 unspecified atom stereocenters. The van der Waals surface area contributed by atoms with E-state index in [1.807, 2.05) is 0 Å². The molecule has 0 aromatic heterocycles. The third kappa shape index (κ3) is 2.08. The molecule has 1 radical (unpaired) electrons. The number of Topliss-reactive ketones (excluding diaryl/α,β-unsaturated/α-hetero) is 1. The minimum absolute atomic E-state index is 0.00421. The molecule has 0 heterocycles. The molecule has 0 aliphatic rings. The molecular weight excluding hydrogens is 172 g/mol. The highest BCUT2D eigenvalue weighted by atomic mass is 16.1. The van der Waals surface area contributed by atoms with Gasteiger partial charge in [0.15, 0.2) is 5.78 Å². The van der Waals surface area contributed by atoms with E-state index in [9.17, 15) is 4.79 Å². The third-order valence-corrected chi connectivity index (χ3v) is 3.99. The monoisotopic (exact) mass is 195 g/mol. The van der Waals surface area contributed by atoms with Gasteiger partial charge in [-0.15, -0.1) is 0 Å². The smallest absolute Gasteiger partial charge is 0.155 e. The highest BCUT2D eigenvalue weighted by molar-refractivity contribution is 5.94. The number of hydrogen-bond acceptors (Lipinski definition) is 1. The Morgan fingerprint density at radius 2 is 1.29 bits per heavy atom. The molecule has 1 nitrogen and oxygen atoms in total. The fraction of sp³-hybridized carbons (Fsp3) is 0.692. The highest BCUT2D eigenvalue weighted by Gasteiger charge is 2.42. The zero-order valence-corrected chi connectivity index (χ0v) is 10.6. The van der Waals surface area contributed by atoms with Gasteiger partial charge in [0, 0.05) is 0 Å². The first-order chi connectivity index (χ1) is 6.05. The second kappa shape index (κ2) is 3.88. The van der Waals surface area contributed by atoms with Crippen LogP contribution in [0, 0.1) is 16.7 Å². The number of ketones is 1. The van der Waals surface area contributed by atoms with Crippen LogP contribution in [0.1, 0.15) is 48.5 Å². The van der Waals surface area contributed by atoms with Gasteiger partial charge in [-0.25, -0.2) is 0 Å². The van der Waals surface area contributed by atoms with Gasteiger partial charge in [0.25, 0.3) is 0 Å². The molecule has 0 saturated carbocycles. The Hall–Kier alpha value is -0.590. The van der Waals surface area contributed by atoms with E-state index in [1.165, 1.54) is 5.92 Å². The van der Waals surface area contributed by atoms with Crippen LogP contribution in [0.4, 0.5) is 0 Å². The number of rotatable bonds is 4. The van der Waals surface area contributed by atoms with Crippen LogP contribution in [-0.2, 0) is 4.79 Å². The van der Waals surface area contributed by atoms with Gasteiger partial charge in [-0.05, 0) is 29.2 Å². The summed E-state index contributed by atoms with van der Waals surface area (Å²) in [7, 11) is 0. The lowest BCUT2D eigenvalue weighted by Gasteiger charge is -2.45. The third-order valence-electron chi connectivity index (χ3n) is 3.99. The van der Waals surface area contributed by atoms with Crippen molar-refractivity contribution in [2.45, 2.75) is 48.5 Å². The van der Waals surface area contributed by atoms with E-state index < -0.39 is 0 Å². The molecule has 0 N–H and O–H groups in total. The predicted octanol–water partition coefficient (Wildman–Crippen LogP) is 3.80. The summed E-state index contributed by atoms with van der Waals surface area (Å²) < 4.78 is 0. The molecule has 0 saturated heterocycles. The van der Waals surface area contributed by atoms with Crippen LogP contribution >= 0.6 is 0 Å². The first-order valence-electron chi connectivity index (χ1n) is 5.06. The van der Waals surface area contributed by atoms with Crippen LogP contribution in [0.2, 0.25) is 0 Å². The fourth-order valence-corrected chi connectivity index (χ4v) is 1.44. The summed E-state index contributed by atoms with van der Waals surface area (Å²) in [6, 6.07) is 0. The van der Waals surface area contributed by atoms with Crippen molar-refractivity contribution >= 4 is 5.78 Å². The van der Waals surface area contributed by atoms with Crippen LogP contribution in [-0.4, -0.2) is 5.78 Å². The van der Waals surface area contributed by atoms with E-state index >= 15 is 0 Å². The van der Waals surface area contributed by atoms with E-state index in [4.69, 9.17) is 0 Å². The highest BCUT2D eigenvalue weighted by Crippen LogP contribution is 2.49. The molecule has 0 amide bonds. The summed E-state index contributed by atoms with van der Waals surface area (Å²) in [4.78, 5) is 11.4. The summed E-state index contributed by atoms with van der Waals surface area (Å²) in [5.41, 5.74) is 0.525. The van der Waals surface area contributed by atoms with E-state index in [0.29, 0.717) is 5.57 Å². The van der Waals surface area contributed by atoms with Crippen molar-refractivity contribution in [1.29, 1.82) is 0 Å². The number of allylic oxidation sites excluding steroid dienone is 1. The maximum atomic E-state index is 11.4. The summed E-state index contributed by atoms with van der Waals surface area (Å²) >= 11 is 0. The molecule has 0 aliphatic carbocycles. The van der Waals surface area contributed by atoms with Crippen molar-refractivity contribution in [3.63, 3.8) is 0 Å². The van der Waals surface area contributed by atoms with Gasteiger partial charge in [-0.3, -0.25) is 4.79 Å². The first-order valence-corrected chi connectivity index (χ1v) is 5.06.